The van der Waals surface area contributed by atoms with Gasteiger partial charge < -0.3 is 19.5 Å². The molecule has 1 saturated heterocycles. The molecule has 1 fully saturated rings. The number of methoxy groups -OCH3 is 1. The summed E-state index contributed by atoms with van der Waals surface area (Å²) in [6.45, 7) is 2.16. The molecule has 0 radical (unpaired) electrons. The van der Waals surface area contributed by atoms with E-state index in [0.29, 0.717) is 13.1 Å². The van der Waals surface area contributed by atoms with Crippen molar-refractivity contribution in [3.63, 3.8) is 0 Å². The third-order valence-corrected chi connectivity index (χ3v) is 5.46. The predicted molar refractivity (Wildman–Crippen MR) is 110 cm³/mol. The number of piperidine rings is 1. The lowest BCUT2D eigenvalue weighted by atomic mass is 9.97. The van der Waals surface area contributed by atoms with Gasteiger partial charge in [0.1, 0.15) is 5.75 Å². The number of rotatable bonds is 5. The van der Waals surface area contributed by atoms with Gasteiger partial charge in [0.15, 0.2) is 0 Å². The number of hydrogen-bond acceptors (Lipinski definition) is 4. The smallest absolute Gasteiger partial charge is 0.225 e. The van der Waals surface area contributed by atoms with Crippen LogP contribution in [0.25, 0.3) is 11.0 Å². The Bertz CT molecular complexity index is 964. The summed E-state index contributed by atoms with van der Waals surface area (Å²) in [4.78, 5) is 19.8. The van der Waals surface area contributed by atoms with Crippen LogP contribution in [0.3, 0.4) is 0 Å². The summed E-state index contributed by atoms with van der Waals surface area (Å²) >= 11 is 0. The Kier molecular flexibility index (Phi) is 5.19. The van der Waals surface area contributed by atoms with Gasteiger partial charge in [0.05, 0.1) is 24.1 Å². The quantitative estimate of drug-likeness (QED) is 0.741. The first kappa shape index (κ1) is 18.3. The summed E-state index contributed by atoms with van der Waals surface area (Å²) < 4.78 is 7.29. The molecule has 1 aliphatic rings. The molecular weight excluding hydrogens is 352 g/mol. The third-order valence-electron chi connectivity index (χ3n) is 5.46. The second-order valence-corrected chi connectivity index (χ2v) is 7.31. The van der Waals surface area contributed by atoms with Crippen molar-refractivity contribution in [3.8, 4) is 5.75 Å². The van der Waals surface area contributed by atoms with Crippen LogP contribution in [-0.2, 0) is 18.4 Å². The second kappa shape index (κ2) is 7.92. The maximum Gasteiger partial charge on any atom is 0.225 e. The van der Waals surface area contributed by atoms with Crippen molar-refractivity contribution in [3.05, 3.63) is 54.1 Å². The predicted octanol–water partition coefficient (Wildman–Crippen LogP) is 3.11. The van der Waals surface area contributed by atoms with E-state index in [-0.39, 0.29) is 11.8 Å². The summed E-state index contributed by atoms with van der Waals surface area (Å²) in [6, 6.07) is 15.9. The van der Waals surface area contributed by atoms with E-state index in [9.17, 15) is 4.79 Å². The Morgan fingerprint density at radius 3 is 2.75 bits per heavy atom. The number of para-hydroxylation sites is 2. The van der Waals surface area contributed by atoms with Crippen LogP contribution >= 0.6 is 0 Å². The largest absolute Gasteiger partial charge is 0.497 e. The molecule has 1 aliphatic heterocycles. The van der Waals surface area contributed by atoms with Gasteiger partial charge in [-0.2, -0.15) is 0 Å². The molecular formula is C22H26N4O2. The van der Waals surface area contributed by atoms with E-state index in [1.54, 1.807) is 7.11 Å². The monoisotopic (exact) mass is 378 g/mol. The number of imidazole rings is 1. The van der Waals surface area contributed by atoms with Gasteiger partial charge in [0.25, 0.3) is 0 Å². The molecule has 1 N–H and O–H groups in total. The molecule has 4 rings (SSSR count). The lowest BCUT2D eigenvalue weighted by Crippen LogP contribution is -2.43. The fourth-order valence-corrected chi connectivity index (χ4v) is 3.87. The number of nitrogens with one attached hydrogen (secondary N) is 1. The van der Waals surface area contributed by atoms with Crippen molar-refractivity contribution >= 4 is 22.9 Å². The number of hydrogen-bond donors (Lipinski definition) is 1. The maximum absolute atomic E-state index is 12.7. The highest BCUT2D eigenvalue weighted by Gasteiger charge is 2.28. The number of amides is 1. The van der Waals surface area contributed by atoms with Gasteiger partial charge in [0.2, 0.25) is 11.9 Å². The molecule has 2 heterocycles. The van der Waals surface area contributed by atoms with Crippen molar-refractivity contribution in [1.82, 2.24) is 14.9 Å². The van der Waals surface area contributed by atoms with Crippen LogP contribution in [-0.4, -0.2) is 35.7 Å². The highest BCUT2D eigenvalue weighted by atomic mass is 16.5. The average Bonchev–Trinajstić information content (AvgIpc) is 3.09. The van der Waals surface area contributed by atoms with Gasteiger partial charge in [-0.05, 0) is 42.7 Å². The minimum Gasteiger partial charge on any atom is -0.497 e. The minimum atomic E-state index is -0.0215. The molecule has 0 bridgehead atoms. The zero-order valence-corrected chi connectivity index (χ0v) is 16.4. The standard InChI is InChI=1S/C22H26N4O2/c1-25-20-8-4-3-7-19(20)24-22(25)26-13-5-6-17(15-26)21(27)23-14-16-9-11-18(28-2)12-10-16/h3-4,7-12,17H,5-6,13-15H2,1-2H3,(H,23,27). The first-order valence-corrected chi connectivity index (χ1v) is 9.73. The molecule has 0 saturated carbocycles. The molecule has 146 valence electrons. The highest BCUT2D eigenvalue weighted by Crippen LogP contribution is 2.26. The van der Waals surface area contributed by atoms with Gasteiger partial charge in [-0.15, -0.1) is 0 Å². The normalized spacial score (nSPS) is 16.9. The second-order valence-electron chi connectivity index (χ2n) is 7.31. The molecule has 3 aromatic rings. The number of carbonyl (C=O) groups excluding carboxylic acids is 1. The van der Waals surface area contributed by atoms with Crippen LogP contribution < -0.4 is 15.0 Å². The van der Waals surface area contributed by atoms with E-state index < -0.39 is 0 Å². The van der Waals surface area contributed by atoms with Gasteiger partial charge in [-0.1, -0.05) is 24.3 Å². The van der Waals surface area contributed by atoms with E-state index in [0.717, 1.165) is 47.7 Å². The molecule has 1 unspecified atom stereocenters. The molecule has 6 heteroatoms. The van der Waals surface area contributed by atoms with E-state index >= 15 is 0 Å². The zero-order chi connectivity index (χ0) is 19.5. The molecule has 6 nitrogen and oxygen atoms in total. The Morgan fingerprint density at radius 2 is 2.00 bits per heavy atom. The highest BCUT2D eigenvalue weighted by molar-refractivity contribution is 5.81. The molecule has 28 heavy (non-hydrogen) atoms. The molecule has 1 atom stereocenters. The summed E-state index contributed by atoms with van der Waals surface area (Å²) in [6.07, 6.45) is 1.90. The number of aromatic nitrogens is 2. The van der Waals surface area contributed by atoms with Gasteiger partial charge >= 0.3 is 0 Å². The number of benzene rings is 2. The van der Waals surface area contributed by atoms with E-state index in [1.807, 2.05) is 49.5 Å². The van der Waals surface area contributed by atoms with Crippen LogP contribution in [0.15, 0.2) is 48.5 Å². The molecule has 2 aromatic carbocycles. The van der Waals surface area contributed by atoms with Gasteiger partial charge in [-0.3, -0.25) is 4.79 Å². The van der Waals surface area contributed by atoms with Crippen molar-refractivity contribution in [2.24, 2.45) is 13.0 Å². The Labute approximate surface area is 165 Å². The van der Waals surface area contributed by atoms with Crippen molar-refractivity contribution in [2.45, 2.75) is 19.4 Å². The summed E-state index contributed by atoms with van der Waals surface area (Å²) in [5.41, 5.74) is 3.17. The average molecular weight is 378 g/mol. The molecule has 0 aliphatic carbocycles. The number of aryl methyl sites for hydroxylation is 1. The van der Waals surface area contributed by atoms with Crippen LogP contribution in [0.2, 0.25) is 0 Å². The summed E-state index contributed by atoms with van der Waals surface area (Å²) in [7, 11) is 3.69. The van der Waals surface area contributed by atoms with Crippen molar-refractivity contribution < 1.29 is 9.53 Å². The van der Waals surface area contributed by atoms with Crippen molar-refractivity contribution in [1.29, 1.82) is 0 Å². The lowest BCUT2D eigenvalue weighted by molar-refractivity contribution is -0.125. The van der Waals surface area contributed by atoms with Crippen LogP contribution in [0.1, 0.15) is 18.4 Å². The molecule has 0 spiro atoms. The Balaban J connectivity index is 1.41. The Morgan fingerprint density at radius 1 is 1.21 bits per heavy atom. The number of ether oxygens (including phenoxy) is 1. The van der Waals surface area contributed by atoms with Gasteiger partial charge in [0, 0.05) is 26.7 Å². The third kappa shape index (κ3) is 3.67. The van der Waals surface area contributed by atoms with Crippen LogP contribution in [0.4, 0.5) is 5.95 Å². The fourth-order valence-electron chi connectivity index (χ4n) is 3.87. The summed E-state index contributed by atoms with van der Waals surface area (Å²) in [5.74, 6) is 1.85. The maximum atomic E-state index is 12.7. The number of carbonyl (C=O) groups is 1. The zero-order valence-electron chi connectivity index (χ0n) is 16.4. The van der Waals surface area contributed by atoms with Crippen molar-refractivity contribution in [2.75, 3.05) is 25.1 Å². The first-order valence-electron chi connectivity index (χ1n) is 9.73. The van der Waals surface area contributed by atoms with E-state index in [1.165, 1.54) is 0 Å². The lowest BCUT2D eigenvalue weighted by Gasteiger charge is -2.32. The number of fused-ring (bicyclic) bond motifs is 1. The first-order chi connectivity index (χ1) is 13.7. The fraction of sp³-hybridized carbons (Fsp3) is 0.364. The Hall–Kier alpha value is -3.02. The summed E-state index contributed by atoms with van der Waals surface area (Å²) in [5, 5.41) is 3.09. The minimum absolute atomic E-state index is 0.0215. The van der Waals surface area contributed by atoms with Crippen LogP contribution in [0, 0.1) is 5.92 Å². The van der Waals surface area contributed by atoms with Crippen LogP contribution in [0.5, 0.6) is 5.75 Å². The molecule has 1 amide bonds. The van der Waals surface area contributed by atoms with E-state index in [4.69, 9.17) is 9.72 Å². The number of anilines is 1. The SMILES string of the molecule is COc1ccc(CNC(=O)C2CCCN(c3nc4ccccc4n3C)C2)cc1. The molecule has 1 aromatic heterocycles. The van der Waals surface area contributed by atoms with E-state index in [2.05, 4.69) is 20.9 Å². The van der Waals surface area contributed by atoms with Gasteiger partial charge in [-0.25, -0.2) is 4.98 Å². The number of nitrogens with zero attached hydrogens (tertiary/aromatic N) is 3. The topological polar surface area (TPSA) is 59.4 Å².